The summed E-state index contributed by atoms with van der Waals surface area (Å²) in [6, 6.07) is 6.99. The van der Waals surface area contributed by atoms with Gasteiger partial charge in [-0.2, -0.15) is 0 Å². The van der Waals surface area contributed by atoms with Crippen molar-refractivity contribution in [2.45, 2.75) is 32.8 Å². The van der Waals surface area contributed by atoms with Crippen LogP contribution in [0.1, 0.15) is 26.7 Å². The summed E-state index contributed by atoms with van der Waals surface area (Å²) in [5.41, 5.74) is 0.830. The number of benzene rings is 1. The van der Waals surface area contributed by atoms with E-state index in [4.69, 9.17) is 9.84 Å². The molecule has 0 bridgehead atoms. The number of aliphatic carboxylic acids is 1. The van der Waals surface area contributed by atoms with Gasteiger partial charge in [-0.25, -0.2) is 4.79 Å². The van der Waals surface area contributed by atoms with Crippen LogP contribution in [0.5, 0.6) is 5.75 Å². The van der Waals surface area contributed by atoms with Gasteiger partial charge in [0, 0.05) is 24.6 Å². The zero-order valence-corrected chi connectivity index (χ0v) is 11.7. The Balaban J connectivity index is 2.08. The van der Waals surface area contributed by atoms with Gasteiger partial charge in [-0.15, -0.1) is 0 Å². The number of anilines is 1. The molecule has 0 aromatic heterocycles. The maximum atomic E-state index is 11.6. The van der Waals surface area contributed by atoms with Crippen LogP contribution in [-0.2, 0) is 9.59 Å². The average molecular weight is 277 g/mol. The van der Waals surface area contributed by atoms with E-state index < -0.39 is 12.1 Å². The first kappa shape index (κ1) is 14.4. The van der Waals surface area contributed by atoms with Crippen molar-refractivity contribution in [3.8, 4) is 5.75 Å². The maximum Gasteiger partial charge on any atom is 0.345 e. The molecule has 1 unspecified atom stereocenters. The number of hydrogen-bond acceptors (Lipinski definition) is 3. The van der Waals surface area contributed by atoms with Gasteiger partial charge in [0.05, 0.1) is 0 Å². The minimum absolute atomic E-state index is 0.118. The number of carbonyl (C=O) groups excluding carboxylic acids is 1. The van der Waals surface area contributed by atoms with Gasteiger partial charge in [-0.05, 0) is 30.7 Å². The molecule has 1 aliphatic rings. The molecule has 5 nitrogen and oxygen atoms in total. The van der Waals surface area contributed by atoms with E-state index in [1.807, 2.05) is 0 Å². The highest BCUT2D eigenvalue weighted by Crippen LogP contribution is 2.25. The van der Waals surface area contributed by atoms with Crippen LogP contribution >= 0.6 is 0 Å². The summed E-state index contributed by atoms with van der Waals surface area (Å²) in [7, 11) is 0. The number of nitrogens with zero attached hydrogens (tertiary/aromatic N) is 1. The SMILES string of the molecule is CC(C)C(Oc1ccc(N2CCCC2=O)cc1)C(=O)O. The maximum absolute atomic E-state index is 11.6. The first-order valence-corrected chi connectivity index (χ1v) is 6.79. The first-order valence-electron chi connectivity index (χ1n) is 6.79. The Morgan fingerprint density at radius 2 is 1.95 bits per heavy atom. The summed E-state index contributed by atoms with van der Waals surface area (Å²) >= 11 is 0. The van der Waals surface area contributed by atoms with Crippen molar-refractivity contribution in [1.29, 1.82) is 0 Å². The molecule has 1 saturated heterocycles. The second-order valence-corrected chi connectivity index (χ2v) is 5.26. The standard InChI is InChI=1S/C15H19NO4/c1-10(2)14(15(18)19)20-12-7-5-11(6-8-12)16-9-3-4-13(16)17/h5-8,10,14H,3-4,9H2,1-2H3,(H,18,19). The second kappa shape index (κ2) is 5.94. The van der Waals surface area contributed by atoms with Crippen LogP contribution in [0.3, 0.4) is 0 Å². The van der Waals surface area contributed by atoms with Crippen LogP contribution in [0.25, 0.3) is 0 Å². The third-order valence-electron chi connectivity index (χ3n) is 3.33. The van der Waals surface area contributed by atoms with Gasteiger partial charge in [0.15, 0.2) is 6.10 Å². The van der Waals surface area contributed by atoms with Gasteiger partial charge in [0.25, 0.3) is 0 Å². The van der Waals surface area contributed by atoms with Crippen LogP contribution in [0.4, 0.5) is 5.69 Å². The molecule has 0 saturated carbocycles. The number of ether oxygens (including phenoxy) is 1. The molecule has 1 aliphatic heterocycles. The fourth-order valence-corrected chi connectivity index (χ4v) is 2.24. The normalized spacial score (nSPS) is 16.6. The van der Waals surface area contributed by atoms with Gasteiger partial charge < -0.3 is 14.7 Å². The van der Waals surface area contributed by atoms with E-state index in [2.05, 4.69) is 0 Å². The number of rotatable bonds is 5. The lowest BCUT2D eigenvalue weighted by atomic mass is 10.1. The minimum atomic E-state index is -0.973. The molecule has 108 valence electrons. The first-order chi connectivity index (χ1) is 9.49. The molecule has 1 aromatic rings. The Hall–Kier alpha value is -2.04. The predicted octanol–water partition coefficient (Wildman–Crippen LogP) is 2.30. The molecule has 2 rings (SSSR count). The molecule has 5 heteroatoms. The van der Waals surface area contributed by atoms with Gasteiger partial charge in [0.1, 0.15) is 5.75 Å². The van der Waals surface area contributed by atoms with E-state index in [0.29, 0.717) is 12.2 Å². The third kappa shape index (κ3) is 3.10. The summed E-state index contributed by atoms with van der Waals surface area (Å²) in [5.74, 6) is -0.461. The lowest BCUT2D eigenvalue weighted by Crippen LogP contribution is -2.32. The summed E-state index contributed by atoms with van der Waals surface area (Å²) in [6.07, 6.45) is 0.604. The number of amides is 1. The van der Waals surface area contributed by atoms with Crippen molar-refractivity contribution in [2.75, 3.05) is 11.4 Å². The highest BCUT2D eigenvalue weighted by Gasteiger charge is 2.24. The van der Waals surface area contributed by atoms with E-state index >= 15 is 0 Å². The zero-order chi connectivity index (χ0) is 14.7. The Morgan fingerprint density at radius 3 is 2.40 bits per heavy atom. The van der Waals surface area contributed by atoms with Crippen LogP contribution in [0.15, 0.2) is 24.3 Å². The Bertz CT molecular complexity index is 495. The molecular weight excluding hydrogens is 258 g/mol. The van der Waals surface area contributed by atoms with E-state index in [1.54, 1.807) is 43.0 Å². The molecule has 20 heavy (non-hydrogen) atoms. The van der Waals surface area contributed by atoms with Gasteiger partial charge in [-0.3, -0.25) is 4.79 Å². The number of carboxylic acids is 1. The minimum Gasteiger partial charge on any atom is -0.478 e. The highest BCUT2D eigenvalue weighted by atomic mass is 16.5. The molecule has 1 atom stereocenters. The number of carbonyl (C=O) groups is 2. The van der Waals surface area contributed by atoms with Crippen LogP contribution in [0.2, 0.25) is 0 Å². The molecule has 1 fully saturated rings. The second-order valence-electron chi connectivity index (χ2n) is 5.26. The van der Waals surface area contributed by atoms with Gasteiger partial charge in [-0.1, -0.05) is 13.8 Å². The molecule has 1 aromatic carbocycles. The zero-order valence-electron chi connectivity index (χ0n) is 11.7. The van der Waals surface area contributed by atoms with E-state index in [1.165, 1.54) is 0 Å². The summed E-state index contributed by atoms with van der Waals surface area (Å²) in [4.78, 5) is 24.5. The molecule has 0 radical (unpaired) electrons. The number of hydrogen-bond donors (Lipinski definition) is 1. The van der Waals surface area contributed by atoms with Crippen molar-refractivity contribution < 1.29 is 19.4 Å². The Kier molecular flexibility index (Phi) is 4.27. The topological polar surface area (TPSA) is 66.8 Å². The van der Waals surface area contributed by atoms with Crippen molar-refractivity contribution >= 4 is 17.6 Å². The molecular formula is C15H19NO4. The van der Waals surface area contributed by atoms with Crippen molar-refractivity contribution in [3.05, 3.63) is 24.3 Å². The predicted molar refractivity (Wildman–Crippen MR) is 74.9 cm³/mol. The Morgan fingerprint density at radius 1 is 1.30 bits per heavy atom. The largest absolute Gasteiger partial charge is 0.478 e. The van der Waals surface area contributed by atoms with Crippen molar-refractivity contribution in [1.82, 2.24) is 0 Å². The summed E-state index contributed by atoms with van der Waals surface area (Å²) < 4.78 is 5.48. The summed E-state index contributed by atoms with van der Waals surface area (Å²) in [6.45, 7) is 4.34. The molecule has 1 N–H and O–H groups in total. The molecule has 0 aliphatic carbocycles. The molecule has 1 heterocycles. The van der Waals surface area contributed by atoms with E-state index in [9.17, 15) is 9.59 Å². The monoisotopic (exact) mass is 277 g/mol. The van der Waals surface area contributed by atoms with Gasteiger partial charge >= 0.3 is 5.97 Å². The van der Waals surface area contributed by atoms with Crippen LogP contribution < -0.4 is 9.64 Å². The fraction of sp³-hybridized carbons (Fsp3) is 0.467. The molecule has 1 amide bonds. The van der Waals surface area contributed by atoms with E-state index in [-0.39, 0.29) is 11.8 Å². The van der Waals surface area contributed by atoms with Crippen LogP contribution in [0, 0.1) is 5.92 Å². The number of carboxylic acid groups (broad SMARTS) is 1. The van der Waals surface area contributed by atoms with E-state index in [0.717, 1.165) is 18.7 Å². The lowest BCUT2D eigenvalue weighted by Gasteiger charge is -2.20. The third-order valence-corrected chi connectivity index (χ3v) is 3.33. The van der Waals surface area contributed by atoms with Gasteiger partial charge in [0.2, 0.25) is 5.91 Å². The smallest absolute Gasteiger partial charge is 0.345 e. The van der Waals surface area contributed by atoms with Crippen molar-refractivity contribution in [2.24, 2.45) is 5.92 Å². The average Bonchev–Trinajstić information content (AvgIpc) is 2.82. The van der Waals surface area contributed by atoms with Crippen LogP contribution in [-0.4, -0.2) is 29.6 Å². The fourth-order valence-electron chi connectivity index (χ4n) is 2.24. The quantitative estimate of drug-likeness (QED) is 0.896. The van der Waals surface area contributed by atoms with Crippen molar-refractivity contribution in [3.63, 3.8) is 0 Å². The summed E-state index contributed by atoms with van der Waals surface area (Å²) in [5, 5.41) is 9.09. The molecule has 0 spiro atoms. The Labute approximate surface area is 118 Å². The highest BCUT2D eigenvalue weighted by molar-refractivity contribution is 5.95. The lowest BCUT2D eigenvalue weighted by molar-refractivity contribution is -0.147.